The van der Waals surface area contributed by atoms with Gasteiger partial charge in [0.2, 0.25) is 0 Å². The molecule has 2 rings (SSSR count). The van der Waals surface area contributed by atoms with E-state index < -0.39 is 23.2 Å². The van der Waals surface area contributed by atoms with Gasteiger partial charge in [-0.25, -0.2) is 13.6 Å². The largest absolute Gasteiger partial charge is 0.478 e. The van der Waals surface area contributed by atoms with Gasteiger partial charge in [-0.1, -0.05) is 62.9 Å². The topological polar surface area (TPSA) is 37.3 Å². The first-order valence-corrected chi connectivity index (χ1v) is 8.35. The van der Waals surface area contributed by atoms with Crippen LogP contribution in [0.25, 0.3) is 11.1 Å². The predicted molar refractivity (Wildman–Crippen MR) is 91.2 cm³/mol. The highest BCUT2D eigenvalue weighted by molar-refractivity contribution is 5.88. The van der Waals surface area contributed by atoms with Crippen LogP contribution in [0.1, 0.15) is 54.9 Å². The predicted octanol–water partition coefficient (Wildman–Crippen LogP) is 5.84. The third-order valence-corrected chi connectivity index (χ3v) is 4.15. The maximum atomic E-state index is 14.1. The van der Waals surface area contributed by atoms with E-state index >= 15 is 0 Å². The molecule has 0 aromatic heterocycles. The van der Waals surface area contributed by atoms with Gasteiger partial charge in [0.1, 0.15) is 0 Å². The van der Waals surface area contributed by atoms with Crippen molar-refractivity contribution in [3.63, 3.8) is 0 Å². The molecule has 128 valence electrons. The van der Waals surface area contributed by atoms with Gasteiger partial charge in [-0.15, -0.1) is 0 Å². The number of unbranched alkanes of at least 4 members (excludes halogenated alkanes) is 4. The minimum absolute atomic E-state index is 0.0759. The Balaban J connectivity index is 2.08. The Kier molecular flexibility index (Phi) is 6.47. The lowest BCUT2D eigenvalue weighted by Gasteiger charge is -2.08. The van der Waals surface area contributed by atoms with E-state index in [2.05, 4.69) is 6.92 Å². The van der Waals surface area contributed by atoms with E-state index in [1.54, 1.807) is 12.1 Å². The number of hydrogen-bond acceptors (Lipinski definition) is 1. The minimum atomic E-state index is -1.48. The molecular formula is C20H22F2O2. The van der Waals surface area contributed by atoms with Gasteiger partial charge in [0.15, 0.2) is 11.6 Å². The molecular weight excluding hydrogens is 310 g/mol. The van der Waals surface area contributed by atoms with E-state index in [9.17, 15) is 13.6 Å². The van der Waals surface area contributed by atoms with Crippen LogP contribution < -0.4 is 0 Å². The molecule has 0 aliphatic carbocycles. The Bertz CT molecular complexity index is 694. The molecule has 0 aliphatic heterocycles. The highest BCUT2D eigenvalue weighted by Gasteiger charge is 2.18. The zero-order chi connectivity index (χ0) is 17.5. The van der Waals surface area contributed by atoms with E-state index in [1.165, 1.54) is 37.3 Å². The first-order valence-electron chi connectivity index (χ1n) is 8.35. The van der Waals surface area contributed by atoms with Crippen molar-refractivity contribution in [1.29, 1.82) is 0 Å². The number of benzene rings is 2. The maximum absolute atomic E-state index is 14.1. The van der Waals surface area contributed by atoms with Gasteiger partial charge >= 0.3 is 5.97 Å². The van der Waals surface area contributed by atoms with Crippen LogP contribution in [0.5, 0.6) is 0 Å². The van der Waals surface area contributed by atoms with E-state index in [0.29, 0.717) is 5.56 Å². The molecule has 1 N–H and O–H groups in total. The van der Waals surface area contributed by atoms with Crippen LogP contribution in [0.2, 0.25) is 0 Å². The number of aromatic carboxylic acids is 1. The summed E-state index contributed by atoms with van der Waals surface area (Å²) in [5, 5.41) is 8.82. The monoisotopic (exact) mass is 332 g/mol. The first kappa shape index (κ1) is 18.1. The van der Waals surface area contributed by atoms with E-state index in [1.807, 2.05) is 12.1 Å². The first-order chi connectivity index (χ1) is 11.5. The molecule has 0 unspecified atom stereocenters. The lowest BCUT2D eigenvalue weighted by molar-refractivity contribution is 0.0690. The number of carboxylic acids is 1. The van der Waals surface area contributed by atoms with Crippen LogP contribution in [0.3, 0.4) is 0 Å². The fourth-order valence-electron chi connectivity index (χ4n) is 2.72. The lowest BCUT2D eigenvalue weighted by Crippen LogP contribution is -2.03. The Hall–Kier alpha value is -2.23. The summed E-state index contributed by atoms with van der Waals surface area (Å²) in [6.45, 7) is 2.18. The van der Waals surface area contributed by atoms with Crippen LogP contribution in [-0.4, -0.2) is 11.1 Å². The van der Waals surface area contributed by atoms with Crippen LogP contribution in [-0.2, 0) is 6.42 Å². The number of aryl methyl sites for hydroxylation is 1. The summed E-state index contributed by atoms with van der Waals surface area (Å²) < 4.78 is 27.9. The molecule has 0 heterocycles. The Labute approximate surface area is 141 Å². The summed E-state index contributed by atoms with van der Waals surface area (Å²) >= 11 is 0. The zero-order valence-corrected chi connectivity index (χ0v) is 13.8. The van der Waals surface area contributed by atoms with Crippen molar-refractivity contribution in [2.75, 3.05) is 0 Å². The van der Waals surface area contributed by atoms with Gasteiger partial charge in [-0.2, -0.15) is 0 Å². The Morgan fingerprint density at radius 3 is 2.21 bits per heavy atom. The van der Waals surface area contributed by atoms with Crippen molar-refractivity contribution in [1.82, 2.24) is 0 Å². The second-order valence-electron chi connectivity index (χ2n) is 5.95. The summed E-state index contributed by atoms with van der Waals surface area (Å²) in [5.41, 5.74) is 1.13. The number of halogens is 2. The quantitative estimate of drug-likeness (QED) is 0.616. The highest BCUT2D eigenvalue weighted by Crippen LogP contribution is 2.27. The minimum Gasteiger partial charge on any atom is -0.478 e. The molecule has 0 atom stereocenters. The number of carboxylic acid groups (broad SMARTS) is 1. The van der Waals surface area contributed by atoms with Gasteiger partial charge in [0.25, 0.3) is 0 Å². The van der Waals surface area contributed by atoms with Crippen LogP contribution in [0, 0.1) is 11.6 Å². The zero-order valence-electron chi connectivity index (χ0n) is 13.8. The summed E-state index contributed by atoms with van der Waals surface area (Å²) in [4.78, 5) is 10.8. The molecule has 0 saturated heterocycles. The summed E-state index contributed by atoms with van der Waals surface area (Å²) in [6.07, 6.45) is 7.02. The molecule has 2 aromatic rings. The lowest BCUT2D eigenvalue weighted by atomic mass is 9.99. The molecule has 2 nitrogen and oxygen atoms in total. The molecule has 0 aliphatic rings. The van der Waals surface area contributed by atoms with Crippen molar-refractivity contribution < 1.29 is 18.7 Å². The normalized spacial score (nSPS) is 10.8. The van der Waals surface area contributed by atoms with Crippen molar-refractivity contribution in [2.24, 2.45) is 0 Å². The van der Waals surface area contributed by atoms with E-state index in [0.717, 1.165) is 18.9 Å². The fourth-order valence-corrected chi connectivity index (χ4v) is 2.72. The molecule has 2 aromatic carbocycles. The highest BCUT2D eigenvalue weighted by atomic mass is 19.2. The van der Waals surface area contributed by atoms with Gasteiger partial charge in [-0.05, 0) is 30.0 Å². The Morgan fingerprint density at radius 2 is 1.58 bits per heavy atom. The molecule has 0 saturated carbocycles. The van der Waals surface area contributed by atoms with Crippen molar-refractivity contribution in [3.05, 3.63) is 59.2 Å². The average molecular weight is 332 g/mol. The average Bonchev–Trinajstić information content (AvgIpc) is 2.57. The van der Waals surface area contributed by atoms with Crippen molar-refractivity contribution in [2.45, 2.75) is 45.4 Å². The van der Waals surface area contributed by atoms with Crippen LogP contribution >= 0.6 is 0 Å². The van der Waals surface area contributed by atoms with E-state index in [-0.39, 0.29) is 5.56 Å². The van der Waals surface area contributed by atoms with Crippen LogP contribution in [0.15, 0.2) is 36.4 Å². The SMILES string of the molecule is CCCCCCCc1ccc(-c2ccc(C(=O)O)c(F)c2F)cc1. The number of hydrogen-bond donors (Lipinski definition) is 1. The maximum Gasteiger partial charge on any atom is 0.338 e. The van der Waals surface area contributed by atoms with Crippen molar-refractivity contribution in [3.8, 4) is 11.1 Å². The van der Waals surface area contributed by atoms with Crippen molar-refractivity contribution >= 4 is 5.97 Å². The second kappa shape index (κ2) is 8.57. The van der Waals surface area contributed by atoms with Gasteiger partial charge < -0.3 is 5.11 Å². The molecule has 0 radical (unpaired) electrons. The van der Waals surface area contributed by atoms with Gasteiger partial charge in [0.05, 0.1) is 5.56 Å². The van der Waals surface area contributed by atoms with Gasteiger partial charge in [0, 0.05) is 5.56 Å². The van der Waals surface area contributed by atoms with E-state index in [4.69, 9.17) is 5.11 Å². The number of carbonyl (C=O) groups is 1. The van der Waals surface area contributed by atoms with Crippen LogP contribution in [0.4, 0.5) is 8.78 Å². The molecule has 0 amide bonds. The fraction of sp³-hybridized carbons (Fsp3) is 0.350. The number of rotatable bonds is 8. The molecule has 4 heteroatoms. The van der Waals surface area contributed by atoms with Gasteiger partial charge in [-0.3, -0.25) is 0 Å². The summed E-state index contributed by atoms with van der Waals surface area (Å²) in [5.74, 6) is -3.92. The third-order valence-electron chi connectivity index (χ3n) is 4.15. The third kappa shape index (κ3) is 4.40. The molecule has 0 spiro atoms. The summed E-state index contributed by atoms with van der Waals surface area (Å²) in [6, 6.07) is 9.73. The summed E-state index contributed by atoms with van der Waals surface area (Å²) in [7, 11) is 0. The standard InChI is InChI=1S/C20H22F2O2/c1-2-3-4-5-6-7-14-8-10-15(11-9-14)16-12-13-17(20(23)24)19(22)18(16)21/h8-13H,2-7H2,1H3,(H,23,24). The molecule has 24 heavy (non-hydrogen) atoms. The Morgan fingerprint density at radius 1 is 0.917 bits per heavy atom. The second-order valence-corrected chi connectivity index (χ2v) is 5.95. The smallest absolute Gasteiger partial charge is 0.338 e. The molecule has 0 fully saturated rings. The molecule has 0 bridgehead atoms.